The summed E-state index contributed by atoms with van der Waals surface area (Å²) >= 11 is 6.31. The van der Waals surface area contributed by atoms with Crippen molar-refractivity contribution in [3.8, 4) is 5.69 Å². The Morgan fingerprint density at radius 2 is 1.55 bits per heavy atom. The van der Waals surface area contributed by atoms with Gasteiger partial charge in [-0.1, -0.05) is 60.1 Å². The second-order valence-corrected chi connectivity index (χ2v) is 8.19. The van der Waals surface area contributed by atoms with E-state index in [1.165, 1.54) is 10.2 Å². The van der Waals surface area contributed by atoms with Gasteiger partial charge < -0.3 is 10.2 Å². The van der Waals surface area contributed by atoms with Gasteiger partial charge in [-0.2, -0.15) is 9.78 Å². The van der Waals surface area contributed by atoms with Gasteiger partial charge in [0.15, 0.2) is 0 Å². The monoisotopic (exact) mass is 437 g/mol. The lowest BCUT2D eigenvalue weighted by Crippen LogP contribution is -2.46. The van der Waals surface area contributed by atoms with Gasteiger partial charge in [-0.3, -0.25) is 9.69 Å². The van der Waals surface area contributed by atoms with E-state index < -0.39 is 0 Å². The summed E-state index contributed by atoms with van der Waals surface area (Å²) in [6.07, 6.45) is 2.61. The molecule has 0 amide bonds. The van der Waals surface area contributed by atoms with Crippen molar-refractivity contribution in [2.75, 3.05) is 44.6 Å². The summed E-state index contributed by atoms with van der Waals surface area (Å²) in [5.74, 6) is 0. The van der Waals surface area contributed by atoms with Crippen LogP contribution in [0.1, 0.15) is 12.0 Å². The minimum atomic E-state index is -0.313. The molecule has 0 aliphatic carbocycles. The molecule has 1 aliphatic heterocycles. The SMILES string of the molecule is O=c1c(Cl)c(NCCCN2CCN(Cc3ccccc3)CC2)cnn1-c1ccccc1. The lowest BCUT2D eigenvalue weighted by molar-refractivity contribution is 0.127. The van der Waals surface area contributed by atoms with Crippen LogP contribution >= 0.6 is 11.6 Å². The van der Waals surface area contributed by atoms with Crippen LogP contribution in [0.5, 0.6) is 0 Å². The summed E-state index contributed by atoms with van der Waals surface area (Å²) in [6, 6.07) is 19.9. The predicted octanol–water partition coefficient (Wildman–Crippen LogP) is 3.51. The number of nitrogens with one attached hydrogen (secondary N) is 1. The lowest BCUT2D eigenvalue weighted by atomic mass is 10.2. The Kier molecular flexibility index (Phi) is 7.35. The molecule has 1 N–H and O–H groups in total. The molecule has 3 aromatic rings. The molecule has 0 saturated carbocycles. The third kappa shape index (κ3) is 5.73. The molecule has 162 valence electrons. The predicted molar refractivity (Wildman–Crippen MR) is 126 cm³/mol. The number of aromatic nitrogens is 2. The van der Waals surface area contributed by atoms with Gasteiger partial charge in [0.05, 0.1) is 17.6 Å². The van der Waals surface area contributed by atoms with Crippen LogP contribution in [0.25, 0.3) is 5.69 Å². The zero-order chi connectivity index (χ0) is 21.5. The van der Waals surface area contributed by atoms with Crippen LogP contribution in [0, 0.1) is 0 Å². The number of nitrogens with zero attached hydrogens (tertiary/aromatic N) is 4. The minimum Gasteiger partial charge on any atom is -0.382 e. The number of hydrogen-bond donors (Lipinski definition) is 1. The highest BCUT2D eigenvalue weighted by Gasteiger charge is 2.16. The van der Waals surface area contributed by atoms with E-state index in [2.05, 4.69) is 50.5 Å². The topological polar surface area (TPSA) is 53.4 Å². The van der Waals surface area contributed by atoms with Crippen molar-refractivity contribution >= 4 is 17.3 Å². The molecule has 0 spiro atoms. The average molecular weight is 438 g/mol. The van der Waals surface area contributed by atoms with Crippen molar-refractivity contribution in [3.63, 3.8) is 0 Å². The molecule has 4 rings (SSSR count). The Hall–Kier alpha value is -2.67. The van der Waals surface area contributed by atoms with Crippen LogP contribution in [-0.4, -0.2) is 58.8 Å². The molecule has 0 atom stereocenters. The summed E-state index contributed by atoms with van der Waals surface area (Å²) < 4.78 is 1.32. The Balaban J connectivity index is 1.21. The van der Waals surface area contributed by atoms with Gasteiger partial charge in [-0.05, 0) is 30.7 Å². The lowest BCUT2D eigenvalue weighted by Gasteiger charge is -2.34. The van der Waals surface area contributed by atoms with E-state index in [4.69, 9.17) is 11.6 Å². The third-order valence-corrected chi connectivity index (χ3v) is 5.97. The zero-order valence-corrected chi connectivity index (χ0v) is 18.3. The Labute approximate surface area is 188 Å². The maximum Gasteiger partial charge on any atom is 0.292 e. The summed E-state index contributed by atoms with van der Waals surface area (Å²) in [7, 11) is 0. The van der Waals surface area contributed by atoms with Gasteiger partial charge in [0.2, 0.25) is 0 Å². The summed E-state index contributed by atoms with van der Waals surface area (Å²) in [6.45, 7) is 7.16. The fourth-order valence-corrected chi connectivity index (χ4v) is 4.04. The highest BCUT2D eigenvalue weighted by atomic mass is 35.5. The average Bonchev–Trinajstić information content (AvgIpc) is 2.82. The second kappa shape index (κ2) is 10.6. The van der Waals surface area contributed by atoms with Crippen LogP contribution in [0.4, 0.5) is 5.69 Å². The first-order valence-corrected chi connectivity index (χ1v) is 11.1. The van der Waals surface area contributed by atoms with Crippen LogP contribution in [0.2, 0.25) is 5.02 Å². The van der Waals surface area contributed by atoms with E-state index in [0.717, 1.165) is 52.2 Å². The smallest absolute Gasteiger partial charge is 0.292 e. The van der Waals surface area contributed by atoms with Gasteiger partial charge in [-0.15, -0.1) is 0 Å². The van der Waals surface area contributed by atoms with Crippen molar-refractivity contribution in [3.05, 3.63) is 87.8 Å². The molecule has 1 saturated heterocycles. The highest BCUT2D eigenvalue weighted by molar-refractivity contribution is 6.32. The molecule has 1 aromatic heterocycles. The number of halogens is 1. The van der Waals surface area contributed by atoms with E-state index >= 15 is 0 Å². The molecule has 0 unspecified atom stereocenters. The van der Waals surface area contributed by atoms with E-state index in [0.29, 0.717) is 11.4 Å². The fourth-order valence-electron chi connectivity index (χ4n) is 3.85. The van der Waals surface area contributed by atoms with Crippen molar-refractivity contribution in [1.29, 1.82) is 0 Å². The first-order chi connectivity index (χ1) is 15.2. The summed E-state index contributed by atoms with van der Waals surface area (Å²) in [5, 5.41) is 7.70. The molecular formula is C24H28ClN5O. The number of benzene rings is 2. The normalized spacial score (nSPS) is 15.1. The Morgan fingerprint density at radius 3 is 2.26 bits per heavy atom. The number of hydrogen-bond acceptors (Lipinski definition) is 5. The van der Waals surface area contributed by atoms with Crippen LogP contribution in [0.3, 0.4) is 0 Å². The standard InChI is InChI=1S/C24H28ClN5O/c25-23-22(18-27-30(24(23)31)21-10-5-2-6-11-21)26-12-7-13-28-14-16-29(17-15-28)19-20-8-3-1-4-9-20/h1-6,8-11,18,26H,7,12-17,19H2. The minimum absolute atomic E-state index is 0.174. The van der Waals surface area contributed by atoms with Crippen molar-refractivity contribution in [2.24, 2.45) is 0 Å². The zero-order valence-electron chi connectivity index (χ0n) is 17.6. The van der Waals surface area contributed by atoms with E-state index in [-0.39, 0.29) is 10.6 Å². The van der Waals surface area contributed by atoms with Gasteiger partial charge in [-0.25, -0.2) is 0 Å². The molecule has 6 nitrogen and oxygen atoms in total. The second-order valence-electron chi connectivity index (χ2n) is 7.81. The fraction of sp³-hybridized carbons (Fsp3) is 0.333. The number of rotatable bonds is 8. The third-order valence-electron chi connectivity index (χ3n) is 5.60. The molecule has 0 radical (unpaired) electrons. The maximum atomic E-state index is 12.5. The van der Waals surface area contributed by atoms with Gasteiger partial charge >= 0.3 is 0 Å². The quantitative estimate of drug-likeness (QED) is 0.546. The number of para-hydroxylation sites is 1. The van der Waals surface area contributed by atoms with Crippen molar-refractivity contribution < 1.29 is 0 Å². The van der Waals surface area contributed by atoms with E-state index in [1.54, 1.807) is 6.20 Å². The number of piperazine rings is 1. The van der Waals surface area contributed by atoms with Gasteiger partial charge in [0.1, 0.15) is 5.02 Å². The molecule has 2 heterocycles. The van der Waals surface area contributed by atoms with E-state index in [9.17, 15) is 4.79 Å². The van der Waals surface area contributed by atoms with Crippen molar-refractivity contribution in [2.45, 2.75) is 13.0 Å². The molecular weight excluding hydrogens is 410 g/mol. The van der Waals surface area contributed by atoms with Crippen LogP contribution in [0.15, 0.2) is 71.7 Å². The summed E-state index contributed by atoms with van der Waals surface area (Å²) in [5.41, 5.74) is 2.35. The van der Waals surface area contributed by atoms with Crippen LogP contribution in [-0.2, 0) is 6.54 Å². The molecule has 1 aliphatic rings. The first kappa shape index (κ1) is 21.6. The highest BCUT2D eigenvalue weighted by Crippen LogP contribution is 2.17. The molecule has 2 aromatic carbocycles. The van der Waals surface area contributed by atoms with Crippen LogP contribution < -0.4 is 10.9 Å². The van der Waals surface area contributed by atoms with Gasteiger partial charge in [0.25, 0.3) is 5.56 Å². The maximum absolute atomic E-state index is 12.5. The molecule has 0 bridgehead atoms. The molecule has 1 fully saturated rings. The Bertz CT molecular complexity index is 1020. The molecule has 31 heavy (non-hydrogen) atoms. The molecule has 7 heteroatoms. The summed E-state index contributed by atoms with van der Waals surface area (Å²) in [4.78, 5) is 17.6. The van der Waals surface area contributed by atoms with E-state index in [1.807, 2.05) is 30.3 Å². The van der Waals surface area contributed by atoms with Crippen molar-refractivity contribution in [1.82, 2.24) is 19.6 Å². The van der Waals surface area contributed by atoms with Gasteiger partial charge in [0, 0.05) is 39.3 Å². The largest absolute Gasteiger partial charge is 0.382 e. The first-order valence-electron chi connectivity index (χ1n) is 10.8. The number of anilines is 1. The Morgan fingerprint density at radius 1 is 0.903 bits per heavy atom.